The second-order valence-electron chi connectivity index (χ2n) is 3.71. The van der Waals surface area contributed by atoms with E-state index < -0.39 is 17.5 Å². The molecule has 0 radical (unpaired) electrons. The van der Waals surface area contributed by atoms with Crippen molar-refractivity contribution in [2.45, 2.75) is 45.3 Å². The maximum atomic E-state index is 11.4. The molecule has 4 heteroatoms. The Morgan fingerprint density at radius 1 is 1.31 bits per heavy atom. The van der Waals surface area contributed by atoms with Gasteiger partial charge >= 0.3 is 11.9 Å². The number of esters is 2. The minimum absolute atomic E-state index is 0.0438. The van der Waals surface area contributed by atoms with Gasteiger partial charge < -0.3 is 9.47 Å². The number of carbonyl (C=O) groups excluding carboxylic acids is 2. The first-order valence-electron chi connectivity index (χ1n) is 4.32. The molecular weight excluding hydrogens is 172 g/mol. The molecule has 13 heavy (non-hydrogen) atoms. The number of hydrogen-bond acceptors (Lipinski definition) is 4. The first kappa shape index (κ1) is 10.0. The summed E-state index contributed by atoms with van der Waals surface area (Å²) in [5.41, 5.74) is -1.16. The predicted octanol–water partition coefficient (Wildman–Crippen LogP) is 1.03. The third kappa shape index (κ3) is 3.05. The molecule has 0 unspecified atom stereocenters. The highest BCUT2D eigenvalue weighted by Gasteiger charge is 2.37. The van der Waals surface area contributed by atoms with Gasteiger partial charge in [-0.15, -0.1) is 0 Å². The molecule has 0 saturated heterocycles. The summed E-state index contributed by atoms with van der Waals surface area (Å²) in [4.78, 5) is 22.0. The molecule has 0 spiro atoms. The fourth-order valence-corrected chi connectivity index (χ4v) is 0.880. The van der Waals surface area contributed by atoms with Gasteiger partial charge in [-0.25, -0.2) is 4.79 Å². The van der Waals surface area contributed by atoms with Gasteiger partial charge in [0.2, 0.25) is 5.60 Å². The predicted molar refractivity (Wildman–Crippen MR) is 45.0 cm³/mol. The van der Waals surface area contributed by atoms with Crippen molar-refractivity contribution in [2.75, 3.05) is 0 Å². The number of hydrogen-bond donors (Lipinski definition) is 0. The molecule has 1 fully saturated rings. The van der Waals surface area contributed by atoms with E-state index in [1.807, 2.05) is 0 Å². The molecule has 0 atom stereocenters. The highest BCUT2D eigenvalue weighted by atomic mass is 16.6. The molecule has 0 aromatic carbocycles. The standard InChI is InChI=1S/C9H14O4/c1-6(10)13-9(2,3)8(11)12-7-4-5-7/h7H,4-5H2,1-3H3. The van der Waals surface area contributed by atoms with Gasteiger partial charge in [0, 0.05) is 6.92 Å². The molecule has 1 aliphatic rings. The zero-order chi connectivity index (χ0) is 10.1. The van der Waals surface area contributed by atoms with Crippen molar-refractivity contribution in [2.24, 2.45) is 0 Å². The molecule has 74 valence electrons. The molecule has 1 rings (SSSR count). The molecule has 0 heterocycles. The summed E-state index contributed by atoms with van der Waals surface area (Å²) >= 11 is 0. The number of carbonyl (C=O) groups is 2. The van der Waals surface area contributed by atoms with Crippen LogP contribution in [0.15, 0.2) is 0 Å². The fourth-order valence-electron chi connectivity index (χ4n) is 0.880. The molecule has 0 N–H and O–H groups in total. The summed E-state index contributed by atoms with van der Waals surface area (Å²) in [7, 11) is 0. The van der Waals surface area contributed by atoms with Crippen LogP contribution in [-0.4, -0.2) is 23.6 Å². The van der Waals surface area contributed by atoms with Crippen molar-refractivity contribution < 1.29 is 19.1 Å². The van der Waals surface area contributed by atoms with Crippen LogP contribution >= 0.6 is 0 Å². The molecule has 0 amide bonds. The summed E-state index contributed by atoms with van der Waals surface area (Å²) in [5.74, 6) is -0.942. The third-order valence-electron chi connectivity index (χ3n) is 1.69. The topological polar surface area (TPSA) is 52.6 Å². The van der Waals surface area contributed by atoms with Crippen LogP contribution in [-0.2, 0) is 19.1 Å². The lowest BCUT2D eigenvalue weighted by molar-refractivity contribution is -0.178. The third-order valence-corrected chi connectivity index (χ3v) is 1.69. The van der Waals surface area contributed by atoms with Gasteiger partial charge in [-0.1, -0.05) is 0 Å². The Kier molecular flexibility index (Phi) is 2.59. The zero-order valence-electron chi connectivity index (χ0n) is 8.12. The first-order chi connectivity index (χ1) is 5.92. The molecule has 0 bridgehead atoms. The Balaban J connectivity index is 2.45. The highest BCUT2D eigenvalue weighted by Crippen LogP contribution is 2.26. The molecule has 1 aliphatic carbocycles. The quantitative estimate of drug-likeness (QED) is 0.618. The average Bonchev–Trinajstić information content (AvgIpc) is 2.68. The van der Waals surface area contributed by atoms with Crippen molar-refractivity contribution >= 4 is 11.9 Å². The van der Waals surface area contributed by atoms with Crippen LogP contribution in [0, 0.1) is 0 Å². The van der Waals surface area contributed by atoms with Gasteiger partial charge in [0.25, 0.3) is 0 Å². The van der Waals surface area contributed by atoms with Crippen molar-refractivity contribution in [3.05, 3.63) is 0 Å². The largest absolute Gasteiger partial charge is 0.459 e. The van der Waals surface area contributed by atoms with Gasteiger partial charge in [-0.2, -0.15) is 0 Å². The van der Waals surface area contributed by atoms with Crippen molar-refractivity contribution in [1.82, 2.24) is 0 Å². The van der Waals surface area contributed by atoms with E-state index in [0.29, 0.717) is 0 Å². The molecular formula is C9H14O4. The van der Waals surface area contributed by atoms with Crippen molar-refractivity contribution in [3.8, 4) is 0 Å². The molecule has 1 saturated carbocycles. The Morgan fingerprint density at radius 3 is 2.23 bits per heavy atom. The van der Waals surface area contributed by atoms with Gasteiger partial charge in [-0.3, -0.25) is 4.79 Å². The summed E-state index contributed by atoms with van der Waals surface area (Å²) < 4.78 is 9.83. The van der Waals surface area contributed by atoms with E-state index in [1.54, 1.807) is 0 Å². The van der Waals surface area contributed by atoms with E-state index in [-0.39, 0.29) is 6.10 Å². The summed E-state index contributed by atoms with van der Waals surface area (Å²) in [6.45, 7) is 4.32. The van der Waals surface area contributed by atoms with Crippen LogP contribution in [0.2, 0.25) is 0 Å². The fraction of sp³-hybridized carbons (Fsp3) is 0.778. The minimum Gasteiger partial charge on any atom is -0.459 e. The van der Waals surface area contributed by atoms with Gasteiger partial charge in [0.15, 0.2) is 0 Å². The smallest absolute Gasteiger partial charge is 0.350 e. The van der Waals surface area contributed by atoms with E-state index in [2.05, 4.69) is 0 Å². The molecule has 0 aliphatic heterocycles. The Labute approximate surface area is 77.2 Å². The maximum Gasteiger partial charge on any atom is 0.350 e. The van der Waals surface area contributed by atoms with Gasteiger partial charge in [-0.05, 0) is 26.7 Å². The molecule has 0 aromatic rings. The summed E-state index contributed by atoms with van der Waals surface area (Å²) in [6, 6.07) is 0. The van der Waals surface area contributed by atoms with Crippen molar-refractivity contribution in [3.63, 3.8) is 0 Å². The lowest BCUT2D eigenvalue weighted by atomic mass is 10.1. The average molecular weight is 186 g/mol. The second kappa shape index (κ2) is 3.36. The van der Waals surface area contributed by atoms with E-state index in [1.165, 1.54) is 20.8 Å². The van der Waals surface area contributed by atoms with Gasteiger partial charge in [0.1, 0.15) is 6.10 Å². The maximum absolute atomic E-state index is 11.4. The molecule has 4 nitrogen and oxygen atoms in total. The van der Waals surface area contributed by atoms with E-state index in [4.69, 9.17) is 9.47 Å². The molecule has 0 aromatic heterocycles. The Hall–Kier alpha value is -1.06. The van der Waals surface area contributed by atoms with Crippen molar-refractivity contribution in [1.29, 1.82) is 0 Å². The van der Waals surface area contributed by atoms with E-state index in [0.717, 1.165) is 12.8 Å². The zero-order valence-corrected chi connectivity index (χ0v) is 8.12. The van der Waals surface area contributed by atoms with Gasteiger partial charge in [0.05, 0.1) is 0 Å². The SMILES string of the molecule is CC(=O)OC(C)(C)C(=O)OC1CC1. The second-order valence-corrected chi connectivity index (χ2v) is 3.71. The number of rotatable bonds is 3. The lowest BCUT2D eigenvalue weighted by Crippen LogP contribution is -2.38. The van der Waals surface area contributed by atoms with Crippen LogP contribution in [0.3, 0.4) is 0 Å². The first-order valence-corrected chi connectivity index (χ1v) is 4.32. The number of ether oxygens (including phenoxy) is 2. The summed E-state index contributed by atoms with van der Waals surface area (Å²) in [6.07, 6.45) is 1.88. The van der Waals surface area contributed by atoms with Crippen LogP contribution < -0.4 is 0 Å². The highest BCUT2D eigenvalue weighted by molar-refractivity contribution is 5.82. The van der Waals surface area contributed by atoms with Crippen LogP contribution in [0.1, 0.15) is 33.6 Å². The van der Waals surface area contributed by atoms with Crippen LogP contribution in [0.25, 0.3) is 0 Å². The van der Waals surface area contributed by atoms with Crippen LogP contribution in [0.5, 0.6) is 0 Å². The van der Waals surface area contributed by atoms with E-state index >= 15 is 0 Å². The minimum atomic E-state index is -1.16. The summed E-state index contributed by atoms with van der Waals surface area (Å²) in [5, 5.41) is 0. The monoisotopic (exact) mass is 186 g/mol. The Morgan fingerprint density at radius 2 is 1.85 bits per heavy atom. The van der Waals surface area contributed by atoms with E-state index in [9.17, 15) is 9.59 Å². The Bertz CT molecular complexity index is 228. The normalized spacial score (nSPS) is 16.5. The van der Waals surface area contributed by atoms with Crippen LogP contribution in [0.4, 0.5) is 0 Å². The lowest BCUT2D eigenvalue weighted by Gasteiger charge is -2.21.